The zero-order valence-electron chi connectivity index (χ0n) is 10.9. The van der Waals surface area contributed by atoms with Gasteiger partial charge in [-0.3, -0.25) is 10.1 Å². The number of nitrogens with zero attached hydrogens (tertiary/aromatic N) is 1. The second-order valence-electron chi connectivity index (χ2n) is 5.00. The first-order chi connectivity index (χ1) is 9.33. The number of anilines is 2. The quantitative estimate of drug-likeness (QED) is 0.885. The summed E-state index contributed by atoms with van der Waals surface area (Å²) < 4.78 is 0. The number of rotatable bonds is 3. The number of hydrogen-bond acceptors (Lipinski definition) is 4. The molecular formula is C14H19N3OS. The van der Waals surface area contributed by atoms with Gasteiger partial charge in [0, 0.05) is 36.1 Å². The molecule has 2 fully saturated rings. The van der Waals surface area contributed by atoms with Crippen LogP contribution in [-0.4, -0.2) is 36.7 Å². The smallest absolute Gasteiger partial charge is 0.242 e. The van der Waals surface area contributed by atoms with E-state index >= 15 is 0 Å². The van der Waals surface area contributed by atoms with Crippen LogP contribution < -0.4 is 15.5 Å². The van der Waals surface area contributed by atoms with Gasteiger partial charge in [-0.15, -0.1) is 11.8 Å². The lowest BCUT2D eigenvalue weighted by molar-refractivity contribution is -0.117. The van der Waals surface area contributed by atoms with Gasteiger partial charge >= 0.3 is 0 Å². The van der Waals surface area contributed by atoms with Gasteiger partial charge in [-0.05, 0) is 37.1 Å². The van der Waals surface area contributed by atoms with Crippen LogP contribution in [-0.2, 0) is 4.79 Å². The minimum absolute atomic E-state index is 0.0525. The lowest BCUT2D eigenvalue weighted by Crippen LogP contribution is -2.37. The highest BCUT2D eigenvalue weighted by molar-refractivity contribution is 7.99. The largest absolute Gasteiger partial charge is 0.372 e. The first-order valence-corrected chi connectivity index (χ1v) is 7.95. The van der Waals surface area contributed by atoms with Gasteiger partial charge in [-0.25, -0.2) is 0 Å². The number of amides is 1. The molecule has 0 aliphatic carbocycles. The van der Waals surface area contributed by atoms with E-state index in [1.165, 1.54) is 18.5 Å². The summed E-state index contributed by atoms with van der Waals surface area (Å²) >= 11 is 1.76. The Hall–Kier alpha value is -1.20. The van der Waals surface area contributed by atoms with E-state index in [0.29, 0.717) is 0 Å². The molecule has 0 spiro atoms. The molecule has 1 amide bonds. The Kier molecular flexibility index (Phi) is 3.94. The van der Waals surface area contributed by atoms with Crippen molar-refractivity contribution in [2.75, 3.05) is 34.9 Å². The van der Waals surface area contributed by atoms with Crippen molar-refractivity contribution in [3.05, 3.63) is 24.3 Å². The van der Waals surface area contributed by atoms with E-state index in [2.05, 4.69) is 27.7 Å². The zero-order valence-corrected chi connectivity index (χ0v) is 11.7. The summed E-state index contributed by atoms with van der Waals surface area (Å²) in [5.74, 6) is 1.79. The molecular weight excluding hydrogens is 258 g/mol. The maximum absolute atomic E-state index is 12.0. The zero-order chi connectivity index (χ0) is 13.1. The van der Waals surface area contributed by atoms with E-state index in [1.54, 1.807) is 11.8 Å². The third kappa shape index (κ3) is 3.04. The minimum Gasteiger partial charge on any atom is -0.372 e. The van der Waals surface area contributed by atoms with E-state index in [0.717, 1.165) is 30.4 Å². The molecule has 3 rings (SSSR count). The van der Waals surface area contributed by atoms with Crippen LogP contribution in [0.2, 0.25) is 0 Å². The highest BCUT2D eigenvalue weighted by atomic mass is 32.2. The Morgan fingerprint density at radius 3 is 2.63 bits per heavy atom. The fourth-order valence-corrected chi connectivity index (χ4v) is 3.47. The van der Waals surface area contributed by atoms with Crippen LogP contribution >= 0.6 is 11.8 Å². The van der Waals surface area contributed by atoms with Crippen LogP contribution in [0.15, 0.2) is 24.3 Å². The Balaban J connectivity index is 1.60. The van der Waals surface area contributed by atoms with Crippen molar-refractivity contribution in [1.29, 1.82) is 0 Å². The van der Waals surface area contributed by atoms with Crippen LogP contribution in [0.3, 0.4) is 0 Å². The van der Waals surface area contributed by atoms with E-state index in [1.807, 2.05) is 12.1 Å². The standard InChI is InChI=1S/C14H19N3OS/c18-14(13-9-19-10-15-13)16-11-3-5-12(6-4-11)17-7-1-2-8-17/h3-6,13,15H,1-2,7-10H2,(H,16,18). The lowest BCUT2D eigenvalue weighted by Gasteiger charge is -2.18. The van der Waals surface area contributed by atoms with E-state index < -0.39 is 0 Å². The first kappa shape index (κ1) is 12.8. The molecule has 0 radical (unpaired) electrons. The van der Waals surface area contributed by atoms with Gasteiger partial charge in [0.2, 0.25) is 5.91 Å². The molecule has 2 aliphatic rings. The Labute approximate surface area is 117 Å². The second kappa shape index (κ2) is 5.84. The number of carbonyl (C=O) groups excluding carboxylic acids is 1. The van der Waals surface area contributed by atoms with Gasteiger partial charge in [0.25, 0.3) is 0 Å². The lowest BCUT2D eigenvalue weighted by atomic mass is 10.2. The highest BCUT2D eigenvalue weighted by Crippen LogP contribution is 2.22. The van der Waals surface area contributed by atoms with Crippen molar-refractivity contribution in [2.45, 2.75) is 18.9 Å². The van der Waals surface area contributed by atoms with E-state index in [-0.39, 0.29) is 11.9 Å². The van der Waals surface area contributed by atoms with Gasteiger partial charge in [0.15, 0.2) is 0 Å². The van der Waals surface area contributed by atoms with E-state index in [4.69, 9.17) is 0 Å². The molecule has 1 aromatic rings. The molecule has 2 aliphatic heterocycles. The molecule has 1 atom stereocenters. The maximum atomic E-state index is 12.0. The summed E-state index contributed by atoms with van der Waals surface area (Å²) in [6.45, 7) is 2.30. The molecule has 19 heavy (non-hydrogen) atoms. The number of benzene rings is 1. The second-order valence-corrected chi connectivity index (χ2v) is 6.03. The fourth-order valence-electron chi connectivity index (χ4n) is 2.52. The van der Waals surface area contributed by atoms with Crippen molar-refractivity contribution in [2.24, 2.45) is 0 Å². The van der Waals surface area contributed by atoms with Gasteiger partial charge in [-0.2, -0.15) is 0 Å². The molecule has 2 N–H and O–H groups in total. The van der Waals surface area contributed by atoms with Crippen molar-refractivity contribution in [3.63, 3.8) is 0 Å². The van der Waals surface area contributed by atoms with E-state index in [9.17, 15) is 4.79 Å². The number of thioether (sulfide) groups is 1. The van der Waals surface area contributed by atoms with Crippen LogP contribution in [0.5, 0.6) is 0 Å². The van der Waals surface area contributed by atoms with Gasteiger partial charge < -0.3 is 10.2 Å². The van der Waals surface area contributed by atoms with Gasteiger partial charge in [-0.1, -0.05) is 0 Å². The molecule has 0 aromatic heterocycles. The van der Waals surface area contributed by atoms with Crippen molar-refractivity contribution in [1.82, 2.24) is 5.32 Å². The summed E-state index contributed by atoms with van der Waals surface area (Å²) in [5, 5.41) is 6.14. The van der Waals surface area contributed by atoms with Crippen LogP contribution in [0.1, 0.15) is 12.8 Å². The molecule has 4 nitrogen and oxygen atoms in total. The molecule has 2 saturated heterocycles. The predicted molar refractivity (Wildman–Crippen MR) is 80.8 cm³/mol. The van der Waals surface area contributed by atoms with Gasteiger partial charge in [0.1, 0.15) is 0 Å². The molecule has 1 aromatic carbocycles. The van der Waals surface area contributed by atoms with Gasteiger partial charge in [0.05, 0.1) is 6.04 Å². The number of carbonyl (C=O) groups is 1. The summed E-state index contributed by atoms with van der Waals surface area (Å²) in [6.07, 6.45) is 2.56. The average Bonchev–Trinajstić information content (AvgIpc) is 3.13. The average molecular weight is 277 g/mol. The first-order valence-electron chi connectivity index (χ1n) is 6.80. The van der Waals surface area contributed by atoms with Crippen molar-refractivity contribution >= 4 is 29.0 Å². The van der Waals surface area contributed by atoms with Crippen LogP contribution in [0, 0.1) is 0 Å². The third-order valence-electron chi connectivity index (χ3n) is 3.64. The molecule has 2 heterocycles. The highest BCUT2D eigenvalue weighted by Gasteiger charge is 2.22. The van der Waals surface area contributed by atoms with Crippen LogP contribution in [0.25, 0.3) is 0 Å². The topological polar surface area (TPSA) is 44.4 Å². The monoisotopic (exact) mass is 277 g/mol. The third-order valence-corrected chi connectivity index (χ3v) is 4.58. The van der Waals surface area contributed by atoms with Crippen molar-refractivity contribution < 1.29 is 4.79 Å². The molecule has 102 valence electrons. The Bertz CT molecular complexity index is 437. The fraction of sp³-hybridized carbons (Fsp3) is 0.500. The predicted octanol–water partition coefficient (Wildman–Crippen LogP) is 1.89. The summed E-state index contributed by atoms with van der Waals surface area (Å²) in [6, 6.07) is 8.12. The van der Waals surface area contributed by atoms with Crippen LogP contribution in [0.4, 0.5) is 11.4 Å². The minimum atomic E-state index is -0.0525. The Morgan fingerprint density at radius 1 is 1.26 bits per heavy atom. The summed E-state index contributed by atoms with van der Waals surface area (Å²) in [5.41, 5.74) is 2.14. The summed E-state index contributed by atoms with van der Waals surface area (Å²) in [7, 11) is 0. The SMILES string of the molecule is O=C(Nc1ccc(N2CCCC2)cc1)C1CSCN1. The Morgan fingerprint density at radius 2 is 2.00 bits per heavy atom. The molecule has 1 unspecified atom stereocenters. The molecule has 0 saturated carbocycles. The number of hydrogen-bond donors (Lipinski definition) is 2. The van der Waals surface area contributed by atoms with Crippen molar-refractivity contribution in [3.8, 4) is 0 Å². The normalized spacial score (nSPS) is 22.7. The molecule has 5 heteroatoms. The number of nitrogens with one attached hydrogen (secondary N) is 2. The maximum Gasteiger partial charge on any atom is 0.242 e. The summed E-state index contributed by atoms with van der Waals surface area (Å²) in [4.78, 5) is 14.3. The molecule has 0 bridgehead atoms.